The SMILES string of the molecule is COc1cccc(NC(=O)NC2CCN(c3nccs3)C2)c1. The molecule has 7 heteroatoms. The standard InChI is InChI=1S/C15H18N4O2S/c1-21-13-4-2-3-11(9-13)17-14(20)18-12-5-7-19(10-12)15-16-6-8-22-15/h2-4,6,8-9,12H,5,7,10H2,1H3,(H2,17,18,20). The molecule has 0 radical (unpaired) electrons. The van der Waals surface area contributed by atoms with Gasteiger partial charge in [-0.3, -0.25) is 0 Å². The fourth-order valence-corrected chi connectivity index (χ4v) is 3.16. The average Bonchev–Trinajstić information content (AvgIpc) is 3.18. The maximum Gasteiger partial charge on any atom is 0.319 e. The van der Waals surface area contributed by atoms with E-state index in [4.69, 9.17) is 4.74 Å². The molecule has 3 rings (SSSR count). The first kappa shape index (κ1) is 14.6. The Morgan fingerprint density at radius 1 is 1.50 bits per heavy atom. The predicted molar refractivity (Wildman–Crippen MR) is 87.9 cm³/mol. The fourth-order valence-electron chi connectivity index (χ4n) is 2.48. The van der Waals surface area contributed by atoms with E-state index in [0.717, 1.165) is 24.6 Å². The first-order valence-corrected chi connectivity index (χ1v) is 7.98. The molecule has 1 aliphatic heterocycles. The molecule has 0 bridgehead atoms. The molecular formula is C15H18N4O2S. The van der Waals surface area contributed by atoms with Crippen LogP contribution < -0.4 is 20.3 Å². The number of carbonyl (C=O) groups excluding carboxylic acids is 1. The van der Waals surface area contributed by atoms with Crippen LogP contribution in [0.3, 0.4) is 0 Å². The Kier molecular flexibility index (Phi) is 4.43. The maximum atomic E-state index is 12.1. The largest absolute Gasteiger partial charge is 0.497 e. The Morgan fingerprint density at radius 2 is 2.41 bits per heavy atom. The molecule has 1 atom stereocenters. The number of anilines is 2. The van der Waals surface area contributed by atoms with E-state index in [-0.39, 0.29) is 12.1 Å². The van der Waals surface area contributed by atoms with Crippen LogP contribution in [0, 0.1) is 0 Å². The number of urea groups is 1. The summed E-state index contributed by atoms with van der Waals surface area (Å²) in [6.45, 7) is 1.71. The number of methoxy groups -OCH3 is 1. The number of benzene rings is 1. The second-order valence-electron chi connectivity index (χ2n) is 5.08. The normalized spacial score (nSPS) is 17.3. The fraction of sp³-hybridized carbons (Fsp3) is 0.333. The van der Waals surface area contributed by atoms with E-state index in [2.05, 4.69) is 20.5 Å². The highest BCUT2D eigenvalue weighted by Gasteiger charge is 2.25. The number of aromatic nitrogens is 1. The average molecular weight is 318 g/mol. The van der Waals surface area contributed by atoms with Crippen molar-refractivity contribution in [3.63, 3.8) is 0 Å². The van der Waals surface area contributed by atoms with E-state index in [1.165, 1.54) is 0 Å². The third-order valence-electron chi connectivity index (χ3n) is 3.54. The molecule has 1 aromatic heterocycles. The van der Waals surface area contributed by atoms with Gasteiger partial charge in [0.15, 0.2) is 5.13 Å². The summed E-state index contributed by atoms with van der Waals surface area (Å²) in [5.74, 6) is 0.716. The van der Waals surface area contributed by atoms with Gasteiger partial charge in [-0.2, -0.15) is 0 Å². The Morgan fingerprint density at radius 3 is 3.18 bits per heavy atom. The van der Waals surface area contributed by atoms with E-state index in [0.29, 0.717) is 11.4 Å². The summed E-state index contributed by atoms with van der Waals surface area (Å²) in [4.78, 5) is 18.6. The van der Waals surface area contributed by atoms with Crippen molar-refractivity contribution >= 4 is 28.2 Å². The number of ether oxygens (including phenoxy) is 1. The zero-order valence-corrected chi connectivity index (χ0v) is 13.1. The molecule has 0 saturated carbocycles. The third-order valence-corrected chi connectivity index (χ3v) is 4.37. The molecule has 0 aliphatic carbocycles. The van der Waals surface area contributed by atoms with Gasteiger partial charge in [0.1, 0.15) is 5.75 Å². The first-order chi connectivity index (χ1) is 10.7. The zero-order chi connectivity index (χ0) is 15.4. The van der Waals surface area contributed by atoms with Crippen molar-refractivity contribution in [2.45, 2.75) is 12.5 Å². The number of carbonyl (C=O) groups is 1. The number of thiazole rings is 1. The zero-order valence-electron chi connectivity index (χ0n) is 12.3. The van der Waals surface area contributed by atoms with Gasteiger partial charge in [0.2, 0.25) is 0 Å². The molecule has 2 aromatic rings. The lowest BCUT2D eigenvalue weighted by Gasteiger charge is -2.16. The van der Waals surface area contributed by atoms with Gasteiger partial charge in [0.25, 0.3) is 0 Å². The van der Waals surface area contributed by atoms with Gasteiger partial charge in [0.05, 0.1) is 7.11 Å². The van der Waals surface area contributed by atoms with Crippen LogP contribution in [-0.4, -0.2) is 37.3 Å². The van der Waals surface area contributed by atoms with Crippen molar-refractivity contribution in [3.8, 4) is 5.75 Å². The molecule has 116 valence electrons. The smallest absolute Gasteiger partial charge is 0.319 e. The number of nitrogens with zero attached hydrogens (tertiary/aromatic N) is 2. The first-order valence-electron chi connectivity index (χ1n) is 7.10. The highest BCUT2D eigenvalue weighted by atomic mass is 32.1. The van der Waals surface area contributed by atoms with Crippen LogP contribution >= 0.6 is 11.3 Å². The summed E-state index contributed by atoms with van der Waals surface area (Å²) in [6, 6.07) is 7.24. The van der Waals surface area contributed by atoms with Gasteiger partial charge in [-0.15, -0.1) is 11.3 Å². The van der Waals surface area contributed by atoms with Crippen molar-refractivity contribution in [2.75, 3.05) is 30.4 Å². The van der Waals surface area contributed by atoms with Gasteiger partial charge in [-0.1, -0.05) is 6.07 Å². The summed E-state index contributed by atoms with van der Waals surface area (Å²) in [7, 11) is 1.60. The highest BCUT2D eigenvalue weighted by Crippen LogP contribution is 2.22. The predicted octanol–water partition coefficient (Wildman–Crippen LogP) is 2.55. The lowest BCUT2D eigenvalue weighted by molar-refractivity contribution is 0.249. The molecule has 0 spiro atoms. The topological polar surface area (TPSA) is 66.5 Å². The Balaban J connectivity index is 1.52. The monoisotopic (exact) mass is 318 g/mol. The number of rotatable bonds is 4. The summed E-state index contributed by atoms with van der Waals surface area (Å²) >= 11 is 1.62. The summed E-state index contributed by atoms with van der Waals surface area (Å²) in [5.41, 5.74) is 0.714. The highest BCUT2D eigenvalue weighted by molar-refractivity contribution is 7.13. The van der Waals surface area contributed by atoms with E-state index >= 15 is 0 Å². The molecule has 1 aromatic carbocycles. The number of amides is 2. The van der Waals surface area contributed by atoms with Crippen LogP contribution in [0.25, 0.3) is 0 Å². The van der Waals surface area contributed by atoms with Crippen LogP contribution in [0.5, 0.6) is 5.75 Å². The van der Waals surface area contributed by atoms with Gasteiger partial charge < -0.3 is 20.3 Å². The van der Waals surface area contributed by atoms with Crippen molar-refractivity contribution < 1.29 is 9.53 Å². The minimum atomic E-state index is -0.195. The second kappa shape index (κ2) is 6.65. The quantitative estimate of drug-likeness (QED) is 0.909. The van der Waals surface area contributed by atoms with Gasteiger partial charge in [-0.05, 0) is 18.6 Å². The Bertz CT molecular complexity index is 632. The van der Waals surface area contributed by atoms with E-state index < -0.39 is 0 Å². The molecule has 22 heavy (non-hydrogen) atoms. The van der Waals surface area contributed by atoms with Crippen LogP contribution in [-0.2, 0) is 0 Å². The van der Waals surface area contributed by atoms with E-state index in [1.807, 2.05) is 23.6 Å². The molecular weight excluding hydrogens is 300 g/mol. The van der Waals surface area contributed by atoms with Crippen molar-refractivity contribution in [2.24, 2.45) is 0 Å². The Hall–Kier alpha value is -2.28. The molecule has 1 fully saturated rings. The van der Waals surface area contributed by atoms with Crippen LogP contribution in [0.4, 0.5) is 15.6 Å². The molecule has 2 heterocycles. The second-order valence-corrected chi connectivity index (χ2v) is 5.95. The Labute approximate surface area is 133 Å². The number of nitrogens with one attached hydrogen (secondary N) is 2. The molecule has 2 amide bonds. The van der Waals surface area contributed by atoms with Crippen molar-refractivity contribution in [1.82, 2.24) is 10.3 Å². The number of hydrogen-bond donors (Lipinski definition) is 2. The van der Waals surface area contributed by atoms with Gasteiger partial charge in [0, 0.05) is 42.5 Å². The van der Waals surface area contributed by atoms with Crippen molar-refractivity contribution in [3.05, 3.63) is 35.8 Å². The van der Waals surface area contributed by atoms with Gasteiger partial charge >= 0.3 is 6.03 Å². The molecule has 6 nitrogen and oxygen atoms in total. The van der Waals surface area contributed by atoms with Crippen LogP contribution in [0.1, 0.15) is 6.42 Å². The minimum Gasteiger partial charge on any atom is -0.497 e. The van der Waals surface area contributed by atoms with Gasteiger partial charge in [-0.25, -0.2) is 9.78 Å². The third kappa shape index (κ3) is 3.48. The molecule has 2 N–H and O–H groups in total. The van der Waals surface area contributed by atoms with Crippen LogP contribution in [0.2, 0.25) is 0 Å². The minimum absolute atomic E-state index is 0.134. The number of hydrogen-bond acceptors (Lipinski definition) is 5. The lowest BCUT2D eigenvalue weighted by Crippen LogP contribution is -2.39. The summed E-state index contributed by atoms with van der Waals surface area (Å²) in [5, 5.41) is 8.81. The van der Waals surface area contributed by atoms with Crippen molar-refractivity contribution in [1.29, 1.82) is 0 Å². The van der Waals surface area contributed by atoms with E-state index in [9.17, 15) is 4.79 Å². The summed E-state index contributed by atoms with van der Waals surface area (Å²) in [6.07, 6.45) is 2.72. The molecule has 1 aliphatic rings. The van der Waals surface area contributed by atoms with Crippen LogP contribution in [0.15, 0.2) is 35.8 Å². The molecule has 1 unspecified atom stereocenters. The van der Waals surface area contributed by atoms with E-state index in [1.54, 1.807) is 30.7 Å². The lowest BCUT2D eigenvalue weighted by atomic mass is 10.2. The molecule has 1 saturated heterocycles. The summed E-state index contributed by atoms with van der Waals surface area (Å²) < 4.78 is 5.14. The maximum absolute atomic E-state index is 12.1.